The second kappa shape index (κ2) is 3.96. The van der Waals surface area contributed by atoms with E-state index in [1.54, 1.807) is 0 Å². The second-order valence-electron chi connectivity index (χ2n) is 3.23. The van der Waals surface area contributed by atoms with Gasteiger partial charge in [0.15, 0.2) is 0 Å². The Labute approximate surface area is 85.5 Å². The summed E-state index contributed by atoms with van der Waals surface area (Å²) in [5.41, 5.74) is -0.0903. The highest BCUT2D eigenvalue weighted by atomic mass is 19.4. The first-order valence-corrected chi connectivity index (χ1v) is 4.39. The normalized spacial score (nSPS) is 11.3. The quantitative estimate of drug-likeness (QED) is 0.744. The smallest absolute Gasteiger partial charge is 0.445 e. The largest absolute Gasteiger partial charge is 0.509 e. The van der Waals surface area contributed by atoms with Gasteiger partial charge in [0.25, 0.3) is 5.91 Å². The van der Waals surface area contributed by atoms with Crippen LogP contribution >= 0.6 is 0 Å². The van der Waals surface area contributed by atoms with Gasteiger partial charge in [-0.3, -0.25) is 4.79 Å². The number of amides is 1. The van der Waals surface area contributed by atoms with E-state index in [4.69, 9.17) is 0 Å². The van der Waals surface area contributed by atoms with Crippen LogP contribution in [0.15, 0.2) is 18.2 Å². The van der Waals surface area contributed by atoms with Crippen LogP contribution in [0.1, 0.15) is 15.9 Å². The van der Waals surface area contributed by atoms with E-state index < -0.39 is 12.4 Å². The molecule has 0 saturated carbocycles. The van der Waals surface area contributed by atoms with E-state index in [-0.39, 0.29) is 11.5 Å². The summed E-state index contributed by atoms with van der Waals surface area (Å²) >= 11 is 0. The number of hydrogen-bond acceptors (Lipinski definition) is 1. The van der Waals surface area contributed by atoms with Gasteiger partial charge < -0.3 is 18.3 Å². The van der Waals surface area contributed by atoms with E-state index in [9.17, 15) is 17.7 Å². The monoisotopic (exact) mass is 216 g/mol. The molecule has 0 heterocycles. The molecule has 0 aliphatic carbocycles. The summed E-state index contributed by atoms with van der Waals surface area (Å²) in [6, 6.07) is 3.11. The summed E-state index contributed by atoms with van der Waals surface area (Å²) in [6.07, 6.45) is 0. The van der Waals surface area contributed by atoms with Crippen molar-refractivity contribution in [2.75, 3.05) is 7.05 Å². The molecule has 0 aliphatic rings. The fraction of sp³-hybridized carbons (Fsp3) is 0.222. The Hall–Kier alpha value is -1.46. The maximum absolute atomic E-state index is 12.3. The summed E-state index contributed by atoms with van der Waals surface area (Å²) in [6.45, 7) is -3.51. The van der Waals surface area contributed by atoms with Gasteiger partial charge in [0.05, 0.1) is 0 Å². The molecule has 0 atom stereocenters. The number of rotatable bonds is 2. The molecule has 0 fully saturated rings. The maximum atomic E-state index is 12.3. The van der Waals surface area contributed by atoms with Crippen molar-refractivity contribution in [3.63, 3.8) is 0 Å². The molecule has 6 heteroatoms. The molecule has 1 N–H and O–H groups in total. The molecule has 0 unspecified atom stereocenters. The molecule has 0 saturated heterocycles. The van der Waals surface area contributed by atoms with Crippen LogP contribution in [0.4, 0.5) is 12.9 Å². The Morgan fingerprint density at radius 1 is 1.33 bits per heavy atom. The van der Waals surface area contributed by atoms with Crippen molar-refractivity contribution in [1.29, 1.82) is 0 Å². The molecule has 0 radical (unpaired) electrons. The lowest BCUT2D eigenvalue weighted by Gasteiger charge is -2.16. The van der Waals surface area contributed by atoms with Crippen LogP contribution in [-0.2, 0) is 0 Å². The van der Waals surface area contributed by atoms with Crippen LogP contribution < -0.4 is 10.8 Å². The number of halogens is 3. The van der Waals surface area contributed by atoms with Crippen LogP contribution in [0.25, 0.3) is 0 Å². The fourth-order valence-electron chi connectivity index (χ4n) is 1.28. The number of nitrogens with one attached hydrogen (secondary N) is 1. The molecule has 1 amide bonds. The number of carbonyl (C=O) groups is 1. The molecule has 0 aromatic heterocycles. The summed E-state index contributed by atoms with van der Waals surface area (Å²) in [5.74, 6) is -0.381. The van der Waals surface area contributed by atoms with Gasteiger partial charge in [-0.05, 0) is 12.5 Å². The van der Waals surface area contributed by atoms with E-state index in [1.807, 2.05) is 0 Å². The summed E-state index contributed by atoms with van der Waals surface area (Å²) < 4.78 is 37.0. The molecule has 1 aromatic carbocycles. The van der Waals surface area contributed by atoms with Crippen molar-refractivity contribution >= 4 is 18.3 Å². The lowest BCUT2D eigenvalue weighted by molar-refractivity contribution is 0.0962. The first-order valence-electron chi connectivity index (χ1n) is 4.39. The minimum absolute atomic E-state index is 0.265. The standard InChI is InChI=1S/C9H10BF3NO/c1-6-5-7(10(11,12)13)3-4-8(6)9(15)14-2/h3-5H,1-2H3,(H,14,15)/q-1. The van der Waals surface area contributed by atoms with Gasteiger partial charge in [-0.15, -0.1) is 5.46 Å². The SMILES string of the molecule is CNC(=O)c1ccc([B-](F)(F)F)cc1C. The third-order valence-corrected chi connectivity index (χ3v) is 2.10. The van der Waals surface area contributed by atoms with Crippen molar-refractivity contribution in [2.24, 2.45) is 0 Å². The minimum atomic E-state index is -5.00. The zero-order valence-electron chi connectivity index (χ0n) is 8.35. The van der Waals surface area contributed by atoms with Crippen molar-refractivity contribution in [3.05, 3.63) is 29.3 Å². The Kier molecular flexibility index (Phi) is 3.07. The molecule has 1 rings (SSSR count). The fourth-order valence-corrected chi connectivity index (χ4v) is 1.28. The number of benzene rings is 1. The highest BCUT2D eigenvalue weighted by molar-refractivity contribution is 6.73. The lowest BCUT2D eigenvalue weighted by atomic mass is 9.79. The number of hydrogen-bond donors (Lipinski definition) is 1. The molecule has 15 heavy (non-hydrogen) atoms. The molecule has 1 aromatic rings. The number of carbonyl (C=O) groups excluding carboxylic acids is 1. The molecular weight excluding hydrogens is 206 g/mol. The molecule has 0 aliphatic heterocycles. The lowest BCUT2D eigenvalue weighted by Crippen LogP contribution is -2.34. The maximum Gasteiger partial charge on any atom is 0.509 e. The van der Waals surface area contributed by atoms with Gasteiger partial charge in [0.2, 0.25) is 0 Å². The van der Waals surface area contributed by atoms with Gasteiger partial charge in [-0.1, -0.05) is 18.2 Å². The van der Waals surface area contributed by atoms with Crippen LogP contribution in [0.2, 0.25) is 0 Å². The Morgan fingerprint density at radius 2 is 1.93 bits per heavy atom. The third-order valence-electron chi connectivity index (χ3n) is 2.10. The van der Waals surface area contributed by atoms with Crippen molar-refractivity contribution < 1.29 is 17.7 Å². The summed E-state index contributed by atoms with van der Waals surface area (Å²) in [7, 11) is 1.43. The first kappa shape index (κ1) is 11.6. The second-order valence-corrected chi connectivity index (χ2v) is 3.23. The van der Waals surface area contributed by atoms with Crippen molar-refractivity contribution in [3.8, 4) is 0 Å². The predicted molar refractivity (Wildman–Crippen MR) is 53.3 cm³/mol. The summed E-state index contributed by atoms with van der Waals surface area (Å²) in [5, 5.41) is 2.37. The molecule has 82 valence electrons. The minimum Gasteiger partial charge on any atom is -0.445 e. The average molecular weight is 216 g/mol. The Balaban J connectivity index is 3.15. The summed E-state index contributed by atoms with van der Waals surface area (Å²) in [4.78, 5) is 11.2. The zero-order valence-corrected chi connectivity index (χ0v) is 8.35. The van der Waals surface area contributed by atoms with E-state index in [2.05, 4.69) is 5.32 Å². The van der Waals surface area contributed by atoms with Crippen molar-refractivity contribution in [1.82, 2.24) is 5.32 Å². The number of aryl methyl sites for hydroxylation is 1. The van der Waals surface area contributed by atoms with E-state index in [0.29, 0.717) is 5.56 Å². The third kappa shape index (κ3) is 2.52. The van der Waals surface area contributed by atoms with E-state index in [0.717, 1.165) is 12.1 Å². The van der Waals surface area contributed by atoms with Gasteiger partial charge in [-0.25, -0.2) is 0 Å². The average Bonchev–Trinajstić information content (AvgIpc) is 2.15. The first-order chi connectivity index (χ1) is 6.86. The molecular formula is C9H10BF3NO-. The van der Waals surface area contributed by atoms with Crippen LogP contribution in [0, 0.1) is 6.92 Å². The predicted octanol–water partition coefficient (Wildman–Crippen LogP) is 1.41. The van der Waals surface area contributed by atoms with Crippen molar-refractivity contribution in [2.45, 2.75) is 6.92 Å². The van der Waals surface area contributed by atoms with Crippen LogP contribution in [0.5, 0.6) is 0 Å². The zero-order chi connectivity index (χ0) is 11.6. The van der Waals surface area contributed by atoms with Crippen LogP contribution in [-0.4, -0.2) is 19.9 Å². The highest BCUT2D eigenvalue weighted by Gasteiger charge is 2.26. The molecule has 2 nitrogen and oxygen atoms in total. The molecule has 0 bridgehead atoms. The van der Waals surface area contributed by atoms with Gasteiger partial charge in [-0.2, -0.15) is 0 Å². The van der Waals surface area contributed by atoms with Crippen LogP contribution in [0.3, 0.4) is 0 Å². The Morgan fingerprint density at radius 3 is 2.33 bits per heavy atom. The Bertz CT molecular complexity index is 389. The van der Waals surface area contributed by atoms with Gasteiger partial charge in [0, 0.05) is 12.6 Å². The topological polar surface area (TPSA) is 29.1 Å². The van der Waals surface area contributed by atoms with Gasteiger partial charge in [0.1, 0.15) is 0 Å². The van der Waals surface area contributed by atoms with Gasteiger partial charge >= 0.3 is 6.98 Å². The molecule has 0 spiro atoms. The highest BCUT2D eigenvalue weighted by Crippen LogP contribution is 2.12. The van der Waals surface area contributed by atoms with E-state index in [1.165, 1.54) is 20.0 Å². The van der Waals surface area contributed by atoms with E-state index >= 15 is 0 Å².